The molecule has 1 heterocycles. The molecular weight excluding hydrogens is 412 g/mol. The Bertz CT molecular complexity index is 1000. The Morgan fingerprint density at radius 1 is 1.17 bits per heavy atom. The smallest absolute Gasteiger partial charge is 0.266 e. The monoisotopic (exact) mass is 427 g/mol. The third-order valence-electron chi connectivity index (χ3n) is 3.99. The molecule has 1 aliphatic heterocycles. The van der Waals surface area contributed by atoms with Gasteiger partial charge in [0.05, 0.1) is 18.0 Å². The summed E-state index contributed by atoms with van der Waals surface area (Å²) >= 11 is 6.36. The highest BCUT2D eigenvalue weighted by Crippen LogP contribution is 2.32. The van der Waals surface area contributed by atoms with E-state index in [-0.39, 0.29) is 22.3 Å². The number of carbonyl (C=O) groups is 3. The maximum Gasteiger partial charge on any atom is 0.266 e. The van der Waals surface area contributed by atoms with Gasteiger partial charge in [-0.1, -0.05) is 48.2 Å². The van der Waals surface area contributed by atoms with Gasteiger partial charge < -0.3 is 20.0 Å². The second kappa shape index (κ2) is 8.89. The van der Waals surface area contributed by atoms with Gasteiger partial charge in [-0.15, -0.1) is 0 Å². The molecule has 3 rings (SSSR count). The number of nitrogens with zero attached hydrogens (tertiary/aromatic N) is 1. The molecule has 7 nitrogen and oxygen atoms in total. The van der Waals surface area contributed by atoms with E-state index in [0.717, 1.165) is 17.3 Å². The number of ether oxygens (including phenoxy) is 1. The zero-order valence-corrected chi connectivity index (χ0v) is 16.8. The Labute approximate surface area is 176 Å². The molecule has 2 amide bonds. The molecule has 1 N–H and O–H groups in total. The van der Waals surface area contributed by atoms with Crippen molar-refractivity contribution in [2.45, 2.75) is 0 Å². The van der Waals surface area contributed by atoms with Gasteiger partial charge in [0.2, 0.25) is 5.91 Å². The molecule has 29 heavy (non-hydrogen) atoms. The highest BCUT2D eigenvalue weighted by molar-refractivity contribution is 8.26. The molecule has 0 radical (unpaired) electrons. The number of carboxylic acids is 1. The van der Waals surface area contributed by atoms with E-state index in [1.54, 1.807) is 25.3 Å². The molecule has 148 valence electrons. The zero-order valence-electron chi connectivity index (χ0n) is 15.2. The van der Waals surface area contributed by atoms with E-state index in [4.69, 9.17) is 17.0 Å². The first-order valence-corrected chi connectivity index (χ1v) is 9.60. The Morgan fingerprint density at radius 2 is 1.83 bits per heavy atom. The molecule has 9 heteroatoms. The van der Waals surface area contributed by atoms with Crippen LogP contribution < -0.4 is 15.2 Å². The summed E-state index contributed by atoms with van der Waals surface area (Å²) in [5.41, 5.74) is 1.21. The van der Waals surface area contributed by atoms with Crippen LogP contribution in [0.1, 0.15) is 15.9 Å². The van der Waals surface area contributed by atoms with E-state index in [1.807, 2.05) is 12.1 Å². The summed E-state index contributed by atoms with van der Waals surface area (Å²) in [5.74, 6) is -1.39. The highest BCUT2D eigenvalue weighted by Gasteiger charge is 2.33. The number of aromatic carboxylic acids is 1. The molecule has 1 aliphatic rings. The number of carboxylic acid groups (broad SMARTS) is 1. The van der Waals surface area contributed by atoms with Crippen LogP contribution in [0.25, 0.3) is 6.08 Å². The first-order valence-electron chi connectivity index (χ1n) is 8.38. The molecule has 0 atom stereocenters. The zero-order chi connectivity index (χ0) is 21.0. The predicted molar refractivity (Wildman–Crippen MR) is 112 cm³/mol. The van der Waals surface area contributed by atoms with Gasteiger partial charge in [0, 0.05) is 5.69 Å². The van der Waals surface area contributed by atoms with E-state index < -0.39 is 11.9 Å². The number of methoxy groups -OCH3 is 1. The van der Waals surface area contributed by atoms with Crippen molar-refractivity contribution >= 4 is 57.8 Å². The maximum atomic E-state index is 12.6. The quantitative estimate of drug-likeness (QED) is 0.555. The van der Waals surface area contributed by atoms with Crippen molar-refractivity contribution in [1.29, 1.82) is 0 Å². The summed E-state index contributed by atoms with van der Waals surface area (Å²) in [6.07, 6.45) is 1.70. The summed E-state index contributed by atoms with van der Waals surface area (Å²) in [6, 6.07) is 12.7. The van der Waals surface area contributed by atoms with Crippen LogP contribution in [0.15, 0.2) is 53.4 Å². The molecule has 0 unspecified atom stereocenters. The van der Waals surface area contributed by atoms with Crippen molar-refractivity contribution in [2.75, 3.05) is 19.0 Å². The fourth-order valence-corrected chi connectivity index (χ4v) is 3.78. The van der Waals surface area contributed by atoms with Crippen LogP contribution in [0.4, 0.5) is 5.69 Å². The summed E-state index contributed by atoms with van der Waals surface area (Å²) in [5, 5.41) is 13.4. The molecule has 1 fully saturated rings. The molecular formula is C20H15N2O5S2-. The topological polar surface area (TPSA) is 98.8 Å². The fraction of sp³-hybridized carbons (Fsp3) is 0.100. The Morgan fingerprint density at radius 3 is 2.41 bits per heavy atom. The molecule has 2 aromatic carbocycles. The van der Waals surface area contributed by atoms with Crippen LogP contribution in [0, 0.1) is 0 Å². The van der Waals surface area contributed by atoms with Crippen molar-refractivity contribution in [1.82, 2.24) is 4.90 Å². The van der Waals surface area contributed by atoms with Crippen LogP contribution in [0.3, 0.4) is 0 Å². The van der Waals surface area contributed by atoms with Crippen LogP contribution in [0.5, 0.6) is 5.75 Å². The number of thioether (sulfide) groups is 1. The summed E-state index contributed by atoms with van der Waals surface area (Å²) in [6.45, 7) is -0.243. The third-order valence-corrected chi connectivity index (χ3v) is 5.37. The minimum atomic E-state index is -1.30. The highest BCUT2D eigenvalue weighted by atomic mass is 32.2. The van der Waals surface area contributed by atoms with E-state index in [0.29, 0.717) is 16.3 Å². The fourth-order valence-electron chi connectivity index (χ4n) is 2.52. The van der Waals surface area contributed by atoms with Gasteiger partial charge in [0.25, 0.3) is 5.91 Å². The molecule has 0 saturated carbocycles. The number of hydrogen-bond donors (Lipinski definition) is 1. The van der Waals surface area contributed by atoms with Crippen LogP contribution >= 0.6 is 24.0 Å². The van der Waals surface area contributed by atoms with Gasteiger partial charge in [0.15, 0.2) is 0 Å². The second-order valence-electron chi connectivity index (χ2n) is 5.95. The van der Waals surface area contributed by atoms with Crippen LogP contribution in [-0.2, 0) is 9.59 Å². The number of nitrogens with one attached hydrogen (secondary N) is 1. The number of amides is 2. The lowest BCUT2D eigenvalue weighted by atomic mass is 10.2. The normalized spacial score (nSPS) is 14.9. The minimum Gasteiger partial charge on any atom is -0.545 e. The standard InChI is InChI=1S/C20H16N2O5S2/c1-27-15-8-2-12(3-9-15)10-16-18(24)22(20(28)29-16)11-17(23)21-14-6-4-13(5-7-14)19(25)26/h2-10H,11H2,1H3,(H,21,23)(H,25,26)/p-1/b16-10+. The number of rotatable bonds is 6. The van der Waals surface area contributed by atoms with Gasteiger partial charge in [-0.25, -0.2) is 0 Å². The van der Waals surface area contributed by atoms with Crippen molar-refractivity contribution in [2.24, 2.45) is 0 Å². The average molecular weight is 427 g/mol. The van der Waals surface area contributed by atoms with Gasteiger partial charge in [-0.2, -0.15) is 0 Å². The summed E-state index contributed by atoms with van der Waals surface area (Å²) < 4.78 is 5.40. The number of benzene rings is 2. The molecule has 2 aromatic rings. The number of carbonyl (C=O) groups excluding carboxylic acids is 3. The second-order valence-corrected chi connectivity index (χ2v) is 7.63. The molecule has 0 bridgehead atoms. The third kappa shape index (κ3) is 5.01. The Balaban J connectivity index is 1.65. The first kappa shape index (κ1) is 20.6. The van der Waals surface area contributed by atoms with Gasteiger partial charge in [0.1, 0.15) is 16.6 Å². The molecule has 0 aromatic heterocycles. The van der Waals surface area contributed by atoms with Gasteiger partial charge in [-0.05, 0) is 41.5 Å². The molecule has 1 saturated heterocycles. The maximum absolute atomic E-state index is 12.6. The molecule has 0 spiro atoms. The van der Waals surface area contributed by atoms with Gasteiger partial charge >= 0.3 is 0 Å². The number of anilines is 1. The lowest BCUT2D eigenvalue weighted by Gasteiger charge is -2.14. The summed E-state index contributed by atoms with van der Waals surface area (Å²) in [4.78, 5) is 37.3. The van der Waals surface area contributed by atoms with E-state index in [9.17, 15) is 19.5 Å². The largest absolute Gasteiger partial charge is 0.545 e. The Hall–Kier alpha value is -3.17. The molecule has 0 aliphatic carbocycles. The number of thiocarbonyl (C=S) groups is 1. The van der Waals surface area contributed by atoms with Crippen molar-refractivity contribution in [3.8, 4) is 5.75 Å². The van der Waals surface area contributed by atoms with E-state index >= 15 is 0 Å². The lowest BCUT2D eigenvalue weighted by Crippen LogP contribution is -2.36. The predicted octanol–water partition coefficient (Wildman–Crippen LogP) is 1.90. The summed E-state index contributed by atoms with van der Waals surface area (Å²) in [7, 11) is 1.57. The van der Waals surface area contributed by atoms with Crippen molar-refractivity contribution in [3.05, 3.63) is 64.6 Å². The van der Waals surface area contributed by atoms with Crippen LogP contribution in [0.2, 0.25) is 0 Å². The number of hydrogen-bond acceptors (Lipinski definition) is 7. The minimum absolute atomic E-state index is 0.00334. The van der Waals surface area contributed by atoms with E-state index in [2.05, 4.69) is 5.32 Å². The van der Waals surface area contributed by atoms with Crippen LogP contribution in [-0.4, -0.2) is 40.7 Å². The van der Waals surface area contributed by atoms with Crippen molar-refractivity contribution < 1.29 is 24.2 Å². The van der Waals surface area contributed by atoms with E-state index in [1.165, 1.54) is 29.2 Å². The van der Waals surface area contributed by atoms with Gasteiger partial charge in [-0.3, -0.25) is 14.5 Å². The lowest BCUT2D eigenvalue weighted by molar-refractivity contribution is -0.255. The Kier molecular flexibility index (Phi) is 6.30. The SMILES string of the molecule is COc1ccc(/C=C2/SC(=S)N(CC(=O)Nc3ccc(C(=O)[O-])cc3)C2=O)cc1. The first-order chi connectivity index (χ1) is 13.9. The van der Waals surface area contributed by atoms with Crippen molar-refractivity contribution in [3.63, 3.8) is 0 Å². The average Bonchev–Trinajstić information content (AvgIpc) is 2.96.